The van der Waals surface area contributed by atoms with Gasteiger partial charge in [-0.2, -0.15) is 0 Å². The normalized spacial score (nSPS) is 23.8. The smallest absolute Gasteiger partial charge is 0.222 e. The minimum Gasteiger partial charge on any atom is -0.389 e. The number of rotatable bonds is 5. The van der Waals surface area contributed by atoms with E-state index in [1.54, 1.807) is 0 Å². The van der Waals surface area contributed by atoms with Gasteiger partial charge in [-0.3, -0.25) is 9.69 Å². The zero-order chi connectivity index (χ0) is 14.6. The number of amides is 1. The Bertz CT molecular complexity index is 329. The van der Waals surface area contributed by atoms with Crippen molar-refractivity contribution in [2.24, 2.45) is 0 Å². The van der Waals surface area contributed by atoms with Crippen LogP contribution in [0.1, 0.15) is 65.2 Å². The molecule has 0 aromatic carbocycles. The SMILES string of the molecule is CC(C)(CNC(=O)CC1(O)CCCC1)N1CCCCC1. The third-order valence-electron chi connectivity index (χ3n) is 4.95. The molecule has 1 aliphatic carbocycles. The summed E-state index contributed by atoms with van der Waals surface area (Å²) in [5.41, 5.74) is -0.728. The predicted octanol–water partition coefficient (Wildman–Crippen LogP) is 2.06. The lowest BCUT2D eigenvalue weighted by molar-refractivity contribution is -0.126. The van der Waals surface area contributed by atoms with E-state index < -0.39 is 5.60 Å². The Morgan fingerprint density at radius 1 is 1.15 bits per heavy atom. The summed E-state index contributed by atoms with van der Waals surface area (Å²) in [6.07, 6.45) is 7.75. The van der Waals surface area contributed by atoms with Crippen molar-refractivity contribution in [2.45, 2.75) is 76.4 Å². The van der Waals surface area contributed by atoms with Crippen molar-refractivity contribution < 1.29 is 9.90 Å². The number of aliphatic hydroxyl groups is 1. The zero-order valence-corrected chi connectivity index (χ0v) is 13.1. The van der Waals surface area contributed by atoms with E-state index in [1.165, 1.54) is 19.3 Å². The molecule has 1 saturated heterocycles. The van der Waals surface area contributed by atoms with Crippen molar-refractivity contribution in [3.8, 4) is 0 Å². The molecule has 0 aromatic rings. The Morgan fingerprint density at radius 2 is 1.75 bits per heavy atom. The van der Waals surface area contributed by atoms with E-state index in [0.717, 1.165) is 38.8 Å². The number of likely N-dealkylation sites (tertiary alicyclic amines) is 1. The first-order chi connectivity index (χ1) is 9.41. The minimum absolute atomic E-state index is 0.000477. The van der Waals surface area contributed by atoms with Gasteiger partial charge in [-0.1, -0.05) is 19.3 Å². The maximum absolute atomic E-state index is 12.0. The highest BCUT2D eigenvalue weighted by molar-refractivity contribution is 5.77. The first kappa shape index (κ1) is 15.8. The molecule has 1 saturated carbocycles. The van der Waals surface area contributed by atoms with Gasteiger partial charge in [-0.05, 0) is 52.6 Å². The summed E-state index contributed by atoms with van der Waals surface area (Å²) in [6.45, 7) is 7.33. The molecule has 2 fully saturated rings. The van der Waals surface area contributed by atoms with E-state index in [9.17, 15) is 9.90 Å². The van der Waals surface area contributed by atoms with Gasteiger partial charge in [-0.25, -0.2) is 0 Å². The molecule has 4 heteroatoms. The van der Waals surface area contributed by atoms with Gasteiger partial charge in [0, 0.05) is 12.1 Å². The van der Waals surface area contributed by atoms with Crippen LogP contribution in [0.3, 0.4) is 0 Å². The van der Waals surface area contributed by atoms with Gasteiger partial charge in [0.2, 0.25) is 5.91 Å². The lowest BCUT2D eigenvalue weighted by atomic mass is 9.96. The molecule has 1 amide bonds. The van der Waals surface area contributed by atoms with Crippen LogP contribution in [-0.4, -0.2) is 46.7 Å². The van der Waals surface area contributed by atoms with Crippen molar-refractivity contribution in [1.29, 1.82) is 0 Å². The molecule has 20 heavy (non-hydrogen) atoms. The number of piperidine rings is 1. The van der Waals surface area contributed by atoms with Crippen molar-refractivity contribution in [3.05, 3.63) is 0 Å². The highest BCUT2D eigenvalue weighted by atomic mass is 16.3. The fraction of sp³-hybridized carbons (Fsp3) is 0.938. The van der Waals surface area contributed by atoms with Crippen LogP contribution >= 0.6 is 0 Å². The highest BCUT2D eigenvalue weighted by Gasteiger charge is 2.34. The number of hydrogen-bond donors (Lipinski definition) is 2. The van der Waals surface area contributed by atoms with E-state index in [1.807, 2.05) is 0 Å². The summed E-state index contributed by atoms with van der Waals surface area (Å²) in [5.74, 6) is -0.000477. The molecular formula is C16H30N2O2. The molecule has 116 valence electrons. The molecule has 4 nitrogen and oxygen atoms in total. The number of carbonyl (C=O) groups excluding carboxylic acids is 1. The Hall–Kier alpha value is -0.610. The summed E-state index contributed by atoms with van der Waals surface area (Å²) in [5, 5.41) is 13.3. The lowest BCUT2D eigenvalue weighted by Crippen LogP contribution is -2.53. The van der Waals surface area contributed by atoms with Crippen LogP contribution in [-0.2, 0) is 4.79 Å². The Labute approximate surface area is 122 Å². The maximum Gasteiger partial charge on any atom is 0.222 e. The van der Waals surface area contributed by atoms with Gasteiger partial charge in [0.05, 0.1) is 12.0 Å². The van der Waals surface area contributed by atoms with Crippen molar-refractivity contribution in [3.63, 3.8) is 0 Å². The van der Waals surface area contributed by atoms with Crippen LogP contribution < -0.4 is 5.32 Å². The predicted molar refractivity (Wildman–Crippen MR) is 80.5 cm³/mol. The first-order valence-corrected chi connectivity index (χ1v) is 8.16. The van der Waals surface area contributed by atoms with Gasteiger partial charge in [-0.15, -0.1) is 0 Å². The van der Waals surface area contributed by atoms with Crippen LogP contribution in [0.5, 0.6) is 0 Å². The van der Waals surface area contributed by atoms with E-state index >= 15 is 0 Å². The average Bonchev–Trinajstić information content (AvgIpc) is 2.84. The topological polar surface area (TPSA) is 52.6 Å². The second-order valence-electron chi connectivity index (χ2n) is 7.25. The van der Waals surface area contributed by atoms with E-state index in [0.29, 0.717) is 6.54 Å². The van der Waals surface area contributed by atoms with E-state index in [-0.39, 0.29) is 17.9 Å². The molecular weight excluding hydrogens is 252 g/mol. The van der Waals surface area contributed by atoms with Crippen LogP contribution in [0, 0.1) is 0 Å². The molecule has 0 aromatic heterocycles. The van der Waals surface area contributed by atoms with Gasteiger partial charge in [0.25, 0.3) is 0 Å². The molecule has 0 bridgehead atoms. The third-order valence-corrected chi connectivity index (χ3v) is 4.95. The molecule has 1 aliphatic heterocycles. The van der Waals surface area contributed by atoms with Crippen LogP contribution in [0.4, 0.5) is 0 Å². The summed E-state index contributed by atoms with van der Waals surface area (Å²) in [6, 6.07) is 0. The number of hydrogen-bond acceptors (Lipinski definition) is 3. The molecule has 2 aliphatic rings. The Balaban J connectivity index is 1.76. The van der Waals surface area contributed by atoms with Gasteiger partial charge >= 0.3 is 0 Å². The molecule has 1 heterocycles. The van der Waals surface area contributed by atoms with Crippen molar-refractivity contribution in [2.75, 3.05) is 19.6 Å². The fourth-order valence-electron chi connectivity index (χ4n) is 3.50. The summed E-state index contributed by atoms with van der Waals surface area (Å²) in [7, 11) is 0. The molecule has 2 rings (SSSR count). The number of carbonyl (C=O) groups is 1. The fourth-order valence-corrected chi connectivity index (χ4v) is 3.50. The highest BCUT2D eigenvalue weighted by Crippen LogP contribution is 2.32. The van der Waals surface area contributed by atoms with E-state index in [2.05, 4.69) is 24.1 Å². The average molecular weight is 282 g/mol. The summed E-state index contributed by atoms with van der Waals surface area (Å²) < 4.78 is 0. The Morgan fingerprint density at radius 3 is 2.35 bits per heavy atom. The molecule has 0 radical (unpaired) electrons. The lowest BCUT2D eigenvalue weighted by Gasteiger charge is -2.41. The zero-order valence-electron chi connectivity index (χ0n) is 13.1. The summed E-state index contributed by atoms with van der Waals surface area (Å²) in [4.78, 5) is 14.5. The summed E-state index contributed by atoms with van der Waals surface area (Å²) >= 11 is 0. The number of nitrogens with one attached hydrogen (secondary N) is 1. The van der Waals surface area contributed by atoms with Crippen LogP contribution in [0.25, 0.3) is 0 Å². The molecule has 2 N–H and O–H groups in total. The maximum atomic E-state index is 12.0. The van der Waals surface area contributed by atoms with Gasteiger partial charge in [0.15, 0.2) is 0 Å². The molecule has 0 atom stereocenters. The standard InChI is InChI=1S/C16H30N2O2/c1-15(2,18-10-6-3-7-11-18)13-17-14(19)12-16(20)8-4-5-9-16/h20H,3-13H2,1-2H3,(H,17,19). The van der Waals surface area contributed by atoms with Crippen LogP contribution in [0.2, 0.25) is 0 Å². The number of nitrogens with zero attached hydrogens (tertiary/aromatic N) is 1. The first-order valence-electron chi connectivity index (χ1n) is 8.16. The second kappa shape index (κ2) is 6.44. The molecule has 0 spiro atoms. The quantitative estimate of drug-likeness (QED) is 0.811. The second-order valence-corrected chi connectivity index (χ2v) is 7.25. The van der Waals surface area contributed by atoms with Crippen molar-refractivity contribution >= 4 is 5.91 Å². The molecule has 0 unspecified atom stereocenters. The van der Waals surface area contributed by atoms with Gasteiger partial charge < -0.3 is 10.4 Å². The largest absolute Gasteiger partial charge is 0.389 e. The van der Waals surface area contributed by atoms with Crippen LogP contribution in [0.15, 0.2) is 0 Å². The third kappa shape index (κ3) is 4.19. The Kier molecular flexibility index (Phi) is 5.08. The minimum atomic E-state index is -0.737. The van der Waals surface area contributed by atoms with Crippen molar-refractivity contribution in [1.82, 2.24) is 10.2 Å². The van der Waals surface area contributed by atoms with E-state index in [4.69, 9.17) is 0 Å². The monoisotopic (exact) mass is 282 g/mol. The van der Waals surface area contributed by atoms with Gasteiger partial charge in [0.1, 0.15) is 0 Å².